The van der Waals surface area contributed by atoms with Crippen LogP contribution in [0.1, 0.15) is 43.4 Å². The van der Waals surface area contributed by atoms with Gasteiger partial charge in [-0.3, -0.25) is 13.9 Å². The van der Waals surface area contributed by atoms with Gasteiger partial charge in [0.15, 0.2) is 0 Å². The van der Waals surface area contributed by atoms with E-state index in [0.717, 1.165) is 33.8 Å². The average Bonchev–Trinajstić information content (AvgIpc) is 2.90. The van der Waals surface area contributed by atoms with E-state index in [2.05, 4.69) is 5.32 Å². The molecule has 0 aliphatic rings. The van der Waals surface area contributed by atoms with Crippen LogP contribution in [0.15, 0.2) is 83.8 Å². The van der Waals surface area contributed by atoms with Gasteiger partial charge in [-0.15, -0.1) is 0 Å². The molecule has 0 aromatic heterocycles. The minimum absolute atomic E-state index is 0.0897. The van der Waals surface area contributed by atoms with Crippen molar-refractivity contribution in [2.45, 2.75) is 58.0 Å². The zero-order valence-corrected chi connectivity index (χ0v) is 23.4. The van der Waals surface area contributed by atoms with E-state index in [1.807, 2.05) is 57.2 Å². The van der Waals surface area contributed by atoms with Gasteiger partial charge in [0, 0.05) is 13.1 Å². The zero-order chi connectivity index (χ0) is 27.7. The molecule has 0 saturated heterocycles. The van der Waals surface area contributed by atoms with E-state index >= 15 is 0 Å². The van der Waals surface area contributed by atoms with Gasteiger partial charge in [0.1, 0.15) is 12.6 Å². The van der Waals surface area contributed by atoms with Crippen molar-refractivity contribution in [3.63, 3.8) is 0 Å². The van der Waals surface area contributed by atoms with Gasteiger partial charge in [0.2, 0.25) is 11.8 Å². The van der Waals surface area contributed by atoms with Crippen molar-refractivity contribution in [2.75, 3.05) is 17.4 Å². The van der Waals surface area contributed by atoms with Crippen LogP contribution in [-0.2, 0) is 26.2 Å². The highest BCUT2D eigenvalue weighted by Gasteiger charge is 2.32. The molecule has 1 atom stereocenters. The van der Waals surface area contributed by atoms with Crippen molar-refractivity contribution < 1.29 is 18.0 Å². The summed E-state index contributed by atoms with van der Waals surface area (Å²) >= 11 is 0. The molecule has 2 amide bonds. The zero-order valence-electron chi connectivity index (χ0n) is 22.6. The third-order valence-electron chi connectivity index (χ3n) is 6.30. The van der Waals surface area contributed by atoms with E-state index in [9.17, 15) is 18.0 Å². The summed E-state index contributed by atoms with van der Waals surface area (Å²) in [5.41, 5.74) is 3.01. The summed E-state index contributed by atoms with van der Waals surface area (Å²) < 4.78 is 28.8. The molecule has 0 radical (unpaired) electrons. The number of unbranched alkanes of at least 4 members (excludes halogenated alkanes) is 1. The van der Waals surface area contributed by atoms with Crippen molar-refractivity contribution >= 4 is 27.5 Å². The predicted octanol–water partition coefficient (Wildman–Crippen LogP) is 4.83. The van der Waals surface area contributed by atoms with Gasteiger partial charge in [-0.05, 0) is 68.1 Å². The molecule has 3 aromatic carbocycles. The van der Waals surface area contributed by atoms with Gasteiger partial charge in [-0.2, -0.15) is 0 Å². The molecule has 7 nitrogen and oxygen atoms in total. The van der Waals surface area contributed by atoms with Gasteiger partial charge in [0.05, 0.1) is 10.6 Å². The fourth-order valence-corrected chi connectivity index (χ4v) is 5.66. The Kier molecular flexibility index (Phi) is 10.1. The van der Waals surface area contributed by atoms with E-state index in [4.69, 9.17) is 0 Å². The Morgan fingerprint density at radius 1 is 0.895 bits per heavy atom. The number of aryl methyl sites for hydroxylation is 2. The number of benzene rings is 3. The van der Waals surface area contributed by atoms with Crippen molar-refractivity contribution in [1.82, 2.24) is 10.2 Å². The Balaban J connectivity index is 2.00. The van der Waals surface area contributed by atoms with Crippen molar-refractivity contribution in [1.29, 1.82) is 0 Å². The number of carbonyl (C=O) groups is 2. The molecule has 1 N–H and O–H groups in total. The quantitative estimate of drug-likeness (QED) is 0.337. The van der Waals surface area contributed by atoms with Crippen LogP contribution in [0, 0.1) is 13.8 Å². The second kappa shape index (κ2) is 13.2. The molecule has 202 valence electrons. The van der Waals surface area contributed by atoms with Gasteiger partial charge in [0.25, 0.3) is 10.0 Å². The fraction of sp³-hybridized carbons (Fsp3) is 0.333. The maximum atomic E-state index is 13.9. The highest BCUT2D eigenvalue weighted by atomic mass is 32.2. The lowest BCUT2D eigenvalue weighted by Crippen LogP contribution is -2.51. The van der Waals surface area contributed by atoms with Crippen molar-refractivity contribution in [3.8, 4) is 0 Å². The molecule has 0 aliphatic heterocycles. The second-order valence-electron chi connectivity index (χ2n) is 9.50. The molecule has 8 heteroatoms. The first kappa shape index (κ1) is 28.9. The predicted molar refractivity (Wildman–Crippen MR) is 151 cm³/mol. The van der Waals surface area contributed by atoms with Crippen LogP contribution in [0.5, 0.6) is 0 Å². The van der Waals surface area contributed by atoms with E-state index in [1.54, 1.807) is 37.3 Å². The van der Waals surface area contributed by atoms with E-state index in [0.29, 0.717) is 12.2 Å². The molecule has 0 unspecified atom stereocenters. The normalized spacial score (nSPS) is 12.0. The minimum Gasteiger partial charge on any atom is -0.354 e. The number of anilines is 1. The summed E-state index contributed by atoms with van der Waals surface area (Å²) in [7, 11) is -4.07. The van der Waals surface area contributed by atoms with Gasteiger partial charge in [-0.25, -0.2) is 8.42 Å². The van der Waals surface area contributed by atoms with Crippen LogP contribution in [0.4, 0.5) is 5.69 Å². The lowest BCUT2D eigenvalue weighted by molar-refractivity contribution is -0.139. The van der Waals surface area contributed by atoms with Crippen molar-refractivity contribution in [3.05, 3.63) is 95.6 Å². The minimum atomic E-state index is -4.07. The van der Waals surface area contributed by atoms with Gasteiger partial charge >= 0.3 is 0 Å². The van der Waals surface area contributed by atoms with Crippen LogP contribution >= 0.6 is 0 Å². The Labute approximate surface area is 226 Å². The van der Waals surface area contributed by atoms with E-state index < -0.39 is 28.5 Å². The van der Waals surface area contributed by atoms with E-state index in [-0.39, 0.29) is 17.3 Å². The van der Waals surface area contributed by atoms with Crippen LogP contribution in [-0.4, -0.2) is 44.3 Å². The maximum absolute atomic E-state index is 13.9. The van der Waals surface area contributed by atoms with Crippen LogP contribution in [0.25, 0.3) is 0 Å². The molecular formula is C30H37N3O4S. The molecule has 0 spiro atoms. The Morgan fingerprint density at radius 2 is 1.47 bits per heavy atom. The molecule has 0 saturated carbocycles. The molecule has 38 heavy (non-hydrogen) atoms. The number of amides is 2. The molecule has 3 aromatic rings. The largest absolute Gasteiger partial charge is 0.354 e. The Morgan fingerprint density at radius 3 is 2.05 bits per heavy atom. The van der Waals surface area contributed by atoms with E-state index in [1.165, 1.54) is 17.0 Å². The topological polar surface area (TPSA) is 86.8 Å². The van der Waals surface area contributed by atoms with Gasteiger partial charge in [-0.1, -0.05) is 67.9 Å². The smallest absolute Gasteiger partial charge is 0.264 e. The summed E-state index contributed by atoms with van der Waals surface area (Å²) in [6.07, 6.45) is 1.77. The number of hydrogen-bond acceptors (Lipinski definition) is 4. The number of sulfonamides is 1. The highest BCUT2D eigenvalue weighted by Crippen LogP contribution is 2.26. The van der Waals surface area contributed by atoms with Crippen LogP contribution in [0.2, 0.25) is 0 Å². The maximum Gasteiger partial charge on any atom is 0.264 e. The molecular weight excluding hydrogens is 498 g/mol. The fourth-order valence-electron chi connectivity index (χ4n) is 4.24. The summed E-state index contributed by atoms with van der Waals surface area (Å²) in [5.74, 6) is -0.739. The lowest BCUT2D eigenvalue weighted by atomic mass is 10.1. The second-order valence-corrected chi connectivity index (χ2v) is 11.4. The number of nitrogens with zero attached hydrogens (tertiary/aromatic N) is 2. The lowest BCUT2D eigenvalue weighted by Gasteiger charge is -2.32. The SMILES string of the molecule is CCCCNC(=O)[C@H](C)N(Cc1ccccc1)C(=O)CN(c1cc(C)cc(C)c1)S(=O)(=O)c1ccccc1. The van der Waals surface area contributed by atoms with Gasteiger partial charge < -0.3 is 10.2 Å². The number of hydrogen-bond donors (Lipinski definition) is 1. The first-order valence-corrected chi connectivity index (χ1v) is 14.3. The highest BCUT2D eigenvalue weighted by molar-refractivity contribution is 7.92. The summed E-state index contributed by atoms with van der Waals surface area (Å²) in [6.45, 7) is 7.73. The molecule has 0 bridgehead atoms. The average molecular weight is 536 g/mol. The summed E-state index contributed by atoms with van der Waals surface area (Å²) in [4.78, 5) is 28.4. The third kappa shape index (κ3) is 7.44. The summed E-state index contributed by atoms with van der Waals surface area (Å²) in [6, 6.07) is 22.1. The third-order valence-corrected chi connectivity index (χ3v) is 8.09. The standard InChI is InChI=1S/C30H37N3O4S/c1-5-6-17-31-30(35)25(4)32(21-26-13-9-7-10-14-26)29(34)22-33(27-19-23(2)18-24(3)20-27)38(36,37)28-15-11-8-12-16-28/h7-16,18-20,25H,5-6,17,21-22H2,1-4H3,(H,31,35)/t25-/m0/s1. The Bertz CT molecular complexity index is 1310. The molecule has 3 rings (SSSR count). The first-order valence-electron chi connectivity index (χ1n) is 12.9. The molecule has 0 fully saturated rings. The Hall–Kier alpha value is -3.65. The first-order chi connectivity index (χ1) is 18.1. The molecule has 0 heterocycles. The number of rotatable bonds is 12. The number of nitrogens with one attached hydrogen (secondary N) is 1. The summed E-state index contributed by atoms with van der Waals surface area (Å²) in [5, 5.41) is 2.90. The molecule has 0 aliphatic carbocycles. The number of carbonyl (C=O) groups excluding carboxylic acids is 2. The monoisotopic (exact) mass is 535 g/mol. The van der Waals surface area contributed by atoms with Crippen molar-refractivity contribution in [2.24, 2.45) is 0 Å². The van der Waals surface area contributed by atoms with Crippen LogP contribution in [0.3, 0.4) is 0 Å². The van der Waals surface area contributed by atoms with Crippen LogP contribution < -0.4 is 9.62 Å².